The van der Waals surface area contributed by atoms with E-state index in [9.17, 15) is 9.59 Å². The highest BCUT2D eigenvalue weighted by Crippen LogP contribution is 2.52. The lowest BCUT2D eigenvalue weighted by Crippen LogP contribution is -2.33. The third-order valence-electron chi connectivity index (χ3n) is 5.62. The summed E-state index contributed by atoms with van der Waals surface area (Å²) in [6.45, 7) is 4.10. The topological polar surface area (TPSA) is 59.5 Å². The molecule has 2 heterocycles. The molecular weight excluding hydrogens is 292 g/mol. The van der Waals surface area contributed by atoms with Gasteiger partial charge in [0.05, 0.1) is 31.2 Å². The molecule has 1 aromatic heterocycles. The number of amides is 2. The van der Waals surface area contributed by atoms with Gasteiger partial charge < -0.3 is 4.74 Å². The van der Waals surface area contributed by atoms with Crippen LogP contribution in [0.5, 0.6) is 5.75 Å². The van der Waals surface area contributed by atoms with E-state index < -0.39 is 0 Å². The number of carbonyl (C=O) groups excluding carboxylic acids is 2. The van der Waals surface area contributed by atoms with Crippen LogP contribution in [-0.4, -0.2) is 28.8 Å². The van der Waals surface area contributed by atoms with Crippen LogP contribution in [0, 0.1) is 37.5 Å². The first kappa shape index (κ1) is 14.4. The SMILES string of the molecule is COc1c(C)cnc(CN2C(=O)[C@@H]3[C@@H](C2=O)[C@H]2C=C[C@H]3C2)c1C. The number of hydrogen-bond acceptors (Lipinski definition) is 4. The largest absolute Gasteiger partial charge is 0.496 e. The van der Waals surface area contributed by atoms with Crippen LogP contribution >= 0.6 is 0 Å². The number of aryl methyl sites for hydroxylation is 1. The summed E-state index contributed by atoms with van der Waals surface area (Å²) >= 11 is 0. The summed E-state index contributed by atoms with van der Waals surface area (Å²) < 4.78 is 5.41. The van der Waals surface area contributed by atoms with E-state index in [0.29, 0.717) is 0 Å². The van der Waals surface area contributed by atoms with E-state index in [2.05, 4.69) is 17.1 Å². The lowest BCUT2D eigenvalue weighted by molar-refractivity contribution is -0.141. The van der Waals surface area contributed by atoms with Crippen LogP contribution in [0.2, 0.25) is 0 Å². The molecule has 0 unspecified atom stereocenters. The molecule has 5 nitrogen and oxygen atoms in total. The van der Waals surface area contributed by atoms with E-state index >= 15 is 0 Å². The summed E-state index contributed by atoms with van der Waals surface area (Å²) in [6.07, 6.45) is 6.91. The zero-order valence-electron chi connectivity index (χ0n) is 13.6. The Labute approximate surface area is 135 Å². The lowest BCUT2D eigenvalue weighted by Gasteiger charge is -2.19. The number of allylic oxidation sites excluding steroid dienone is 2. The summed E-state index contributed by atoms with van der Waals surface area (Å²) in [6, 6.07) is 0. The maximum atomic E-state index is 12.7. The molecule has 0 N–H and O–H groups in total. The summed E-state index contributed by atoms with van der Waals surface area (Å²) in [5.74, 6) is 0.905. The van der Waals surface area contributed by atoms with Gasteiger partial charge in [-0.25, -0.2) is 0 Å². The first-order chi connectivity index (χ1) is 11.0. The number of nitrogens with zero attached hydrogens (tertiary/aromatic N) is 2. The van der Waals surface area contributed by atoms with Gasteiger partial charge in [-0.2, -0.15) is 0 Å². The molecule has 1 aliphatic heterocycles. The highest BCUT2D eigenvalue weighted by molar-refractivity contribution is 6.06. The molecule has 3 aliphatic rings. The van der Waals surface area contributed by atoms with Gasteiger partial charge in [-0.3, -0.25) is 19.5 Å². The van der Waals surface area contributed by atoms with E-state index in [0.717, 1.165) is 29.0 Å². The Bertz CT molecular complexity index is 710. The van der Waals surface area contributed by atoms with Crippen molar-refractivity contribution in [2.75, 3.05) is 7.11 Å². The number of pyridine rings is 1. The normalized spacial score (nSPS) is 31.2. The highest BCUT2D eigenvalue weighted by Gasteiger charge is 2.59. The van der Waals surface area contributed by atoms with Crippen molar-refractivity contribution in [2.24, 2.45) is 23.7 Å². The van der Waals surface area contributed by atoms with Crippen LogP contribution in [0.15, 0.2) is 18.3 Å². The fourth-order valence-electron chi connectivity index (χ4n) is 4.50. The average molecular weight is 312 g/mol. The molecule has 0 radical (unpaired) electrons. The molecular formula is C18H20N2O3. The zero-order chi connectivity index (χ0) is 16.3. The number of methoxy groups -OCH3 is 1. The van der Waals surface area contributed by atoms with Crippen molar-refractivity contribution in [3.05, 3.63) is 35.2 Å². The average Bonchev–Trinajstić information content (AvgIpc) is 3.19. The smallest absolute Gasteiger partial charge is 0.234 e. The molecule has 0 aromatic carbocycles. The number of carbonyl (C=O) groups is 2. The fourth-order valence-corrected chi connectivity index (χ4v) is 4.50. The van der Waals surface area contributed by atoms with Gasteiger partial charge in [0.2, 0.25) is 11.8 Å². The van der Waals surface area contributed by atoms with Gasteiger partial charge in [-0.15, -0.1) is 0 Å². The first-order valence-corrected chi connectivity index (χ1v) is 8.05. The lowest BCUT2D eigenvalue weighted by atomic mass is 9.85. The van der Waals surface area contributed by atoms with Crippen molar-refractivity contribution >= 4 is 11.8 Å². The van der Waals surface area contributed by atoms with Gasteiger partial charge >= 0.3 is 0 Å². The highest BCUT2D eigenvalue weighted by atomic mass is 16.5. The van der Waals surface area contributed by atoms with Crippen molar-refractivity contribution in [1.82, 2.24) is 9.88 Å². The molecule has 0 spiro atoms. The Kier molecular flexibility index (Phi) is 3.08. The summed E-state index contributed by atoms with van der Waals surface area (Å²) in [4.78, 5) is 31.3. The van der Waals surface area contributed by atoms with Crippen molar-refractivity contribution in [3.63, 3.8) is 0 Å². The van der Waals surface area contributed by atoms with Crippen LogP contribution < -0.4 is 4.74 Å². The molecule has 1 aromatic rings. The molecule has 4 rings (SSSR count). The minimum atomic E-state index is -0.148. The van der Waals surface area contributed by atoms with E-state index in [1.54, 1.807) is 13.3 Å². The quantitative estimate of drug-likeness (QED) is 0.633. The van der Waals surface area contributed by atoms with Gasteiger partial charge in [0, 0.05) is 17.3 Å². The second-order valence-corrected chi connectivity index (χ2v) is 6.81. The van der Waals surface area contributed by atoms with Crippen LogP contribution in [0.25, 0.3) is 0 Å². The third-order valence-corrected chi connectivity index (χ3v) is 5.62. The van der Waals surface area contributed by atoms with Crippen LogP contribution in [-0.2, 0) is 16.1 Å². The van der Waals surface area contributed by atoms with E-state index in [1.165, 1.54) is 4.90 Å². The minimum absolute atomic E-state index is 0.0300. The summed E-state index contributed by atoms with van der Waals surface area (Å²) in [5, 5.41) is 0. The predicted molar refractivity (Wildman–Crippen MR) is 83.5 cm³/mol. The first-order valence-electron chi connectivity index (χ1n) is 8.05. The molecule has 23 heavy (non-hydrogen) atoms. The molecule has 120 valence electrons. The van der Waals surface area contributed by atoms with Gasteiger partial charge in [-0.1, -0.05) is 12.2 Å². The standard InChI is InChI=1S/C18H20N2O3/c1-9-7-19-13(10(2)16(9)23-3)8-20-17(21)14-11-4-5-12(6-11)15(14)18(20)22/h4-5,7,11-12,14-15H,6,8H2,1-3H3/t11-,12-,14-,15-/m0/s1. The Morgan fingerprint density at radius 2 is 1.78 bits per heavy atom. The van der Waals surface area contributed by atoms with Crippen LogP contribution in [0.4, 0.5) is 0 Å². The van der Waals surface area contributed by atoms with Crippen molar-refractivity contribution in [2.45, 2.75) is 26.8 Å². The Morgan fingerprint density at radius 1 is 1.17 bits per heavy atom. The Hall–Kier alpha value is -2.17. The molecule has 2 aliphatic carbocycles. The van der Waals surface area contributed by atoms with Crippen LogP contribution in [0.3, 0.4) is 0 Å². The molecule has 1 saturated heterocycles. The van der Waals surface area contributed by atoms with E-state index in [-0.39, 0.29) is 42.0 Å². The number of imide groups is 1. The number of rotatable bonds is 3. The van der Waals surface area contributed by atoms with E-state index in [4.69, 9.17) is 4.74 Å². The molecule has 1 saturated carbocycles. The Balaban J connectivity index is 1.64. The van der Waals surface area contributed by atoms with Gasteiger partial charge in [0.1, 0.15) is 5.75 Å². The second kappa shape index (κ2) is 4.91. The van der Waals surface area contributed by atoms with Crippen LogP contribution in [0.1, 0.15) is 23.2 Å². The molecule has 2 bridgehead atoms. The third kappa shape index (κ3) is 1.89. The number of aromatic nitrogens is 1. The summed E-state index contributed by atoms with van der Waals surface area (Å²) in [7, 11) is 1.62. The number of ether oxygens (including phenoxy) is 1. The Morgan fingerprint density at radius 3 is 2.35 bits per heavy atom. The molecule has 4 atom stereocenters. The number of fused-ring (bicyclic) bond motifs is 5. The fraction of sp³-hybridized carbons (Fsp3) is 0.500. The minimum Gasteiger partial charge on any atom is -0.496 e. The number of hydrogen-bond donors (Lipinski definition) is 0. The second-order valence-electron chi connectivity index (χ2n) is 6.81. The van der Waals surface area contributed by atoms with Crippen molar-refractivity contribution in [3.8, 4) is 5.75 Å². The van der Waals surface area contributed by atoms with Gasteiger partial charge in [-0.05, 0) is 32.1 Å². The number of likely N-dealkylation sites (tertiary alicyclic amines) is 1. The molecule has 2 fully saturated rings. The maximum Gasteiger partial charge on any atom is 0.234 e. The van der Waals surface area contributed by atoms with Gasteiger partial charge in [0.25, 0.3) is 0 Å². The predicted octanol–water partition coefficient (Wildman–Crippen LogP) is 2.01. The zero-order valence-corrected chi connectivity index (χ0v) is 13.6. The molecule has 5 heteroatoms. The molecule has 2 amide bonds. The van der Waals surface area contributed by atoms with E-state index in [1.807, 2.05) is 13.8 Å². The van der Waals surface area contributed by atoms with Crippen molar-refractivity contribution < 1.29 is 14.3 Å². The van der Waals surface area contributed by atoms with Gasteiger partial charge in [0.15, 0.2) is 0 Å². The van der Waals surface area contributed by atoms with Crippen molar-refractivity contribution in [1.29, 1.82) is 0 Å². The monoisotopic (exact) mass is 312 g/mol. The summed E-state index contributed by atoms with van der Waals surface area (Å²) in [5.41, 5.74) is 2.58. The maximum absolute atomic E-state index is 12.7.